The first-order valence-corrected chi connectivity index (χ1v) is 4.56. The summed E-state index contributed by atoms with van der Waals surface area (Å²) in [6.45, 7) is 0.582. The molecule has 0 spiro atoms. The SMILES string of the molecule is NCC(O)C(=O)NCC1C=CCC1. The molecule has 1 aliphatic carbocycles. The first kappa shape index (κ1) is 10.2. The van der Waals surface area contributed by atoms with Gasteiger partial charge in [0.25, 0.3) is 0 Å². The average molecular weight is 184 g/mol. The van der Waals surface area contributed by atoms with Gasteiger partial charge in [0.1, 0.15) is 6.10 Å². The molecular weight excluding hydrogens is 168 g/mol. The van der Waals surface area contributed by atoms with Crippen LogP contribution in [-0.4, -0.2) is 30.2 Å². The molecule has 0 saturated heterocycles. The number of hydrogen-bond donors (Lipinski definition) is 3. The van der Waals surface area contributed by atoms with Crippen LogP contribution in [0.25, 0.3) is 0 Å². The minimum Gasteiger partial charge on any atom is -0.382 e. The average Bonchev–Trinajstić information content (AvgIpc) is 2.65. The number of carbonyl (C=O) groups excluding carboxylic acids is 1. The molecule has 0 aliphatic heterocycles. The molecule has 74 valence electrons. The third-order valence-electron chi connectivity index (χ3n) is 2.18. The van der Waals surface area contributed by atoms with Crippen LogP contribution in [0, 0.1) is 5.92 Å². The Bertz CT molecular complexity index is 204. The highest BCUT2D eigenvalue weighted by Crippen LogP contribution is 2.15. The fourth-order valence-electron chi connectivity index (χ4n) is 1.32. The summed E-state index contributed by atoms with van der Waals surface area (Å²) in [5.74, 6) is 0.0525. The van der Waals surface area contributed by atoms with Gasteiger partial charge in [0.2, 0.25) is 5.91 Å². The van der Waals surface area contributed by atoms with Gasteiger partial charge in [0.15, 0.2) is 0 Å². The van der Waals surface area contributed by atoms with Crippen molar-refractivity contribution in [1.29, 1.82) is 0 Å². The third kappa shape index (κ3) is 3.16. The van der Waals surface area contributed by atoms with E-state index in [1.165, 1.54) is 0 Å². The number of rotatable bonds is 4. The highest BCUT2D eigenvalue weighted by atomic mass is 16.3. The Morgan fingerprint density at radius 3 is 3.08 bits per heavy atom. The van der Waals surface area contributed by atoms with Crippen molar-refractivity contribution in [2.75, 3.05) is 13.1 Å². The van der Waals surface area contributed by atoms with Crippen molar-refractivity contribution >= 4 is 5.91 Å². The van der Waals surface area contributed by atoms with Crippen LogP contribution in [0.2, 0.25) is 0 Å². The van der Waals surface area contributed by atoms with Gasteiger partial charge in [-0.3, -0.25) is 4.79 Å². The zero-order valence-corrected chi connectivity index (χ0v) is 7.57. The lowest BCUT2D eigenvalue weighted by atomic mass is 10.1. The largest absolute Gasteiger partial charge is 0.382 e. The van der Waals surface area contributed by atoms with Crippen molar-refractivity contribution in [2.24, 2.45) is 11.7 Å². The number of aliphatic hydroxyl groups is 1. The van der Waals surface area contributed by atoms with E-state index in [9.17, 15) is 4.79 Å². The highest BCUT2D eigenvalue weighted by Gasteiger charge is 2.15. The number of hydrogen-bond acceptors (Lipinski definition) is 3. The second-order valence-corrected chi connectivity index (χ2v) is 3.26. The quantitative estimate of drug-likeness (QED) is 0.510. The molecule has 0 bridgehead atoms. The molecule has 0 fully saturated rings. The summed E-state index contributed by atoms with van der Waals surface area (Å²) in [6.07, 6.45) is 5.30. The molecule has 2 unspecified atom stereocenters. The lowest BCUT2D eigenvalue weighted by Gasteiger charge is -2.11. The van der Waals surface area contributed by atoms with E-state index in [1.807, 2.05) is 0 Å². The van der Waals surface area contributed by atoms with E-state index in [0.29, 0.717) is 12.5 Å². The molecule has 4 heteroatoms. The van der Waals surface area contributed by atoms with E-state index in [0.717, 1.165) is 12.8 Å². The first-order valence-electron chi connectivity index (χ1n) is 4.56. The van der Waals surface area contributed by atoms with Crippen molar-refractivity contribution in [3.05, 3.63) is 12.2 Å². The lowest BCUT2D eigenvalue weighted by Crippen LogP contribution is -2.40. The fourth-order valence-corrected chi connectivity index (χ4v) is 1.32. The van der Waals surface area contributed by atoms with Gasteiger partial charge in [-0.25, -0.2) is 0 Å². The Hall–Kier alpha value is -0.870. The minimum atomic E-state index is -1.06. The van der Waals surface area contributed by atoms with Crippen LogP contribution < -0.4 is 11.1 Å². The molecule has 13 heavy (non-hydrogen) atoms. The Balaban J connectivity index is 2.18. The zero-order chi connectivity index (χ0) is 9.68. The summed E-state index contributed by atoms with van der Waals surface area (Å²) in [4.78, 5) is 11.1. The maximum Gasteiger partial charge on any atom is 0.250 e. The van der Waals surface area contributed by atoms with E-state index >= 15 is 0 Å². The van der Waals surface area contributed by atoms with E-state index < -0.39 is 6.10 Å². The van der Waals surface area contributed by atoms with Crippen LogP contribution in [0.15, 0.2) is 12.2 Å². The zero-order valence-electron chi connectivity index (χ0n) is 7.57. The van der Waals surface area contributed by atoms with E-state index in [1.54, 1.807) is 0 Å². The van der Waals surface area contributed by atoms with Crippen molar-refractivity contribution in [3.8, 4) is 0 Å². The van der Waals surface area contributed by atoms with Gasteiger partial charge in [-0.05, 0) is 18.8 Å². The summed E-state index contributed by atoms with van der Waals surface area (Å²) in [5, 5.41) is 11.7. The number of nitrogens with two attached hydrogens (primary N) is 1. The minimum absolute atomic E-state index is 0.0215. The Kier molecular flexibility index (Phi) is 3.92. The van der Waals surface area contributed by atoms with Gasteiger partial charge in [-0.2, -0.15) is 0 Å². The first-order chi connectivity index (χ1) is 6.24. The van der Waals surface area contributed by atoms with E-state index in [2.05, 4.69) is 17.5 Å². The van der Waals surface area contributed by atoms with Crippen LogP contribution >= 0.6 is 0 Å². The van der Waals surface area contributed by atoms with Gasteiger partial charge >= 0.3 is 0 Å². The van der Waals surface area contributed by atoms with Crippen LogP contribution in [0.1, 0.15) is 12.8 Å². The van der Waals surface area contributed by atoms with Crippen molar-refractivity contribution < 1.29 is 9.90 Å². The van der Waals surface area contributed by atoms with Crippen LogP contribution in [0.3, 0.4) is 0 Å². The molecule has 0 saturated carbocycles. The van der Waals surface area contributed by atoms with Crippen molar-refractivity contribution in [3.63, 3.8) is 0 Å². The second-order valence-electron chi connectivity index (χ2n) is 3.26. The molecule has 0 aromatic rings. The third-order valence-corrected chi connectivity index (χ3v) is 2.18. The Morgan fingerprint density at radius 2 is 2.54 bits per heavy atom. The molecular formula is C9H16N2O2. The topological polar surface area (TPSA) is 75.3 Å². The van der Waals surface area contributed by atoms with Crippen LogP contribution in [-0.2, 0) is 4.79 Å². The molecule has 1 amide bonds. The van der Waals surface area contributed by atoms with Gasteiger partial charge in [0, 0.05) is 13.1 Å². The molecule has 1 aliphatic rings. The molecule has 4 nitrogen and oxygen atoms in total. The van der Waals surface area contributed by atoms with E-state index in [4.69, 9.17) is 10.8 Å². The summed E-state index contributed by atoms with van der Waals surface area (Å²) in [6, 6.07) is 0. The normalized spacial score (nSPS) is 23.1. The predicted octanol–water partition coefficient (Wildman–Crippen LogP) is -0.612. The van der Waals surface area contributed by atoms with Gasteiger partial charge in [0.05, 0.1) is 0 Å². The summed E-state index contributed by atoms with van der Waals surface area (Å²) in [7, 11) is 0. The number of aliphatic hydroxyl groups excluding tert-OH is 1. The Morgan fingerprint density at radius 1 is 1.77 bits per heavy atom. The van der Waals surface area contributed by atoms with Gasteiger partial charge in [-0.15, -0.1) is 0 Å². The van der Waals surface area contributed by atoms with Crippen molar-refractivity contribution in [2.45, 2.75) is 18.9 Å². The summed E-state index contributed by atoms with van der Waals surface area (Å²) in [5.41, 5.74) is 5.13. The lowest BCUT2D eigenvalue weighted by molar-refractivity contribution is -0.128. The maximum atomic E-state index is 11.1. The number of allylic oxidation sites excluding steroid dienone is 1. The van der Waals surface area contributed by atoms with Crippen LogP contribution in [0.5, 0.6) is 0 Å². The standard InChI is InChI=1S/C9H16N2O2/c10-5-8(12)9(13)11-6-7-3-1-2-4-7/h1,3,7-8,12H,2,4-6,10H2,(H,11,13). The fraction of sp³-hybridized carbons (Fsp3) is 0.667. The molecule has 2 atom stereocenters. The molecule has 0 heterocycles. The molecule has 0 aromatic heterocycles. The highest BCUT2D eigenvalue weighted by molar-refractivity contribution is 5.80. The van der Waals surface area contributed by atoms with Crippen LogP contribution in [0.4, 0.5) is 0 Å². The molecule has 1 rings (SSSR count). The monoisotopic (exact) mass is 184 g/mol. The predicted molar refractivity (Wildman–Crippen MR) is 49.9 cm³/mol. The molecule has 0 radical (unpaired) electrons. The number of carbonyl (C=O) groups is 1. The summed E-state index contributed by atoms with van der Waals surface area (Å²) >= 11 is 0. The second kappa shape index (κ2) is 4.99. The number of nitrogens with one attached hydrogen (secondary N) is 1. The van der Waals surface area contributed by atoms with Gasteiger partial charge < -0.3 is 16.2 Å². The number of amides is 1. The molecule has 4 N–H and O–H groups in total. The van der Waals surface area contributed by atoms with Crippen molar-refractivity contribution in [1.82, 2.24) is 5.32 Å². The maximum absolute atomic E-state index is 11.1. The van der Waals surface area contributed by atoms with E-state index in [-0.39, 0.29) is 12.5 Å². The summed E-state index contributed by atoms with van der Waals surface area (Å²) < 4.78 is 0. The molecule has 0 aromatic carbocycles. The smallest absolute Gasteiger partial charge is 0.250 e. The Labute approximate surface area is 77.8 Å². The van der Waals surface area contributed by atoms with Gasteiger partial charge in [-0.1, -0.05) is 12.2 Å².